The molecule has 0 spiro atoms. The predicted molar refractivity (Wildman–Crippen MR) is 85.1 cm³/mol. The molecule has 0 saturated heterocycles. The van der Waals surface area contributed by atoms with E-state index in [9.17, 15) is 8.42 Å². The highest BCUT2D eigenvalue weighted by Gasteiger charge is 2.17. The van der Waals surface area contributed by atoms with Crippen LogP contribution in [0.25, 0.3) is 0 Å². The fourth-order valence-corrected chi connectivity index (χ4v) is 3.22. The molecule has 0 N–H and O–H groups in total. The molecule has 2 rings (SSSR count). The van der Waals surface area contributed by atoms with Crippen LogP contribution >= 0.6 is 0 Å². The van der Waals surface area contributed by atoms with Gasteiger partial charge in [-0.15, -0.1) is 0 Å². The number of aryl methyl sites for hydroxylation is 1. The minimum Gasteiger partial charge on any atom is -0.494 e. The first-order chi connectivity index (χ1) is 10.5. The van der Waals surface area contributed by atoms with Gasteiger partial charge in [-0.3, -0.25) is 0 Å². The van der Waals surface area contributed by atoms with E-state index in [1.807, 2.05) is 6.92 Å². The lowest BCUT2D eigenvalue weighted by Crippen LogP contribution is -2.03. The molecule has 22 heavy (non-hydrogen) atoms. The lowest BCUT2D eigenvalue weighted by atomic mass is 10.2. The van der Waals surface area contributed by atoms with Gasteiger partial charge in [0.15, 0.2) is 0 Å². The summed E-state index contributed by atoms with van der Waals surface area (Å²) in [6.07, 6.45) is 0.792. The van der Waals surface area contributed by atoms with Crippen LogP contribution in [-0.4, -0.2) is 28.7 Å². The maximum atomic E-state index is 12.5. The SMILES string of the molecule is COCCCOc1ccc(S(=O)(=O)c2ccc(C)cc2)cc1. The number of hydrogen-bond acceptors (Lipinski definition) is 4. The summed E-state index contributed by atoms with van der Waals surface area (Å²) < 4.78 is 35.5. The van der Waals surface area contributed by atoms with Crippen LogP contribution in [0.1, 0.15) is 12.0 Å². The molecule has 0 aliphatic heterocycles. The van der Waals surface area contributed by atoms with Gasteiger partial charge >= 0.3 is 0 Å². The number of sulfone groups is 1. The van der Waals surface area contributed by atoms with Gasteiger partial charge in [0.05, 0.1) is 16.4 Å². The molecule has 118 valence electrons. The minimum atomic E-state index is -3.48. The summed E-state index contributed by atoms with van der Waals surface area (Å²) in [7, 11) is -1.83. The lowest BCUT2D eigenvalue weighted by Gasteiger charge is -2.08. The second kappa shape index (κ2) is 7.42. The summed E-state index contributed by atoms with van der Waals surface area (Å²) >= 11 is 0. The van der Waals surface area contributed by atoms with Gasteiger partial charge in [-0.05, 0) is 43.3 Å². The second-order valence-corrected chi connectivity index (χ2v) is 6.93. The summed E-state index contributed by atoms with van der Waals surface area (Å²) in [5.74, 6) is 0.652. The minimum absolute atomic E-state index is 0.264. The van der Waals surface area contributed by atoms with Crippen LogP contribution in [0.5, 0.6) is 5.75 Å². The average Bonchev–Trinajstić information content (AvgIpc) is 2.52. The van der Waals surface area contributed by atoms with Crippen LogP contribution in [-0.2, 0) is 14.6 Å². The normalized spacial score (nSPS) is 11.4. The van der Waals surface area contributed by atoms with E-state index >= 15 is 0 Å². The van der Waals surface area contributed by atoms with E-state index < -0.39 is 9.84 Å². The van der Waals surface area contributed by atoms with Crippen LogP contribution in [0.2, 0.25) is 0 Å². The first-order valence-corrected chi connectivity index (χ1v) is 8.56. The molecule has 0 fully saturated rings. The second-order valence-electron chi connectivity index (χ2n) is 4.98. The number of rotatable bonds is 7. The van der Waals surface area contributed by atoms with Gasteiger partial charge in [0, 0.05) is 20.1 Å². The Bertz CT molecular complexity index is 688. The van der Waals surface area contributed by atoms with Crippen molar-refractivity contribution >= 4 is 9.84 Å². The van der Waals surface area contributed by atoms with Crippen LogP contribution in [0.3, 0.4) is 0 Å². The predicted octanol–water partition coefficient (Wildman–Crippen LogP) is 3.24. The molecule has 2 aromatic rings. The number of hydrogen-bond donors (Lipinski definition) is 0. The molecule has 4 nitrogen and oxygen atoms in total. The maximum absolute atomic E-state index is 12.5. The van der Waals surface area contributed by atoms with Gasteiger partial charge < -0.3 is 9.47 Å². The van der Waals surface area contributed by atoms with Crippen LogP contribution in [0.15, 0.2) is 58.3 Å². The molecule has 0 bridgehead atoms. The first-order valence-electron chi connectivity index (χ1n) is 7.07. The average molecular weight is 320 g/mol. The van der Waals surface area contributed by atoms with E-state index in [0.717, 1.165) is 12.0 Å². The van der Waals surface area contributed by atoms with Crippen molar-refractivity contribution in [1.29, 1.82) is 0 Å². The zero-order valence-corrected chi connectivity index (χ0v) is 13.6. The van der Waals surface area contributed by atoms with Crippen molar-refractivity contribution < 1.29 is 17.9 Å². The quantitative estimate of drug-likeness (QED) is 0.735. The van der Waals surface area contributed by atoms with E-state index in [-0.39, 0.29) is 4.90 Å². The molecule has 0 amide bonds. The Morgan fingerprint density at radius 1 is 0.864 bits per heavy atom. The molecule has 0 aromatic heterocycles. The Kier molecular flexibility index (Phi) is 5.57. The van der Waals surface area contributed by atoms with Gasteiger partial charge in [0.25, 0.3) is 0 Å². The monoisotopic (exact) mass is 320 g/mol. The number of ether oxygens (including phenoxy) is 2. The third-order valence-corrected chi connectivity index (χ3v) is 5.01. The van der Waals surface area contributed by atoms with E-state index in [1.165, 1.54) is 0 Å². The van der Waals surface area contributed by atoms with Crippen molar-refractivity contribution in [2.75, 3.05) is 20.3 Å². The Morgan fingerprint density at radius 3 is 1.95 bits per heavy atom. The molecule has 0 aliphatic carbocycles. The summed E-state index contributed by atoms with van der Waals surface area (Å²) in [5, 5.41) is 0. The van der Waals surface area contributed by atoms with Crippen LogP contribution in [0, 0.1) is 6.92 Å². The highest BCUT2D eigenvalue weighted by Crippen LogP contribution is 2.23. The summed E-state index contributed by atoms with van der Waals surface area (Å²) in [6, 6.07) is 13.3. The number of methoxy groups -OCH3 is 1. The number of benzene rings is 2. The maximum Gasteiger partial charge on any atom is 0.206 e. The molecule has 0 saturated carbocycles. The summed E-state index contributed by atoms with van der Waals surface area (Å²) in [5.41, 5.74) is 1.03. The zero-order chi connectivity index (χ0) is 16.0. The van der Waals surface area contributed by atoms with E-state index in [0.29, 0.717) is 23.9 Å². The Morgan fingerprint density at radius 2 is 1.41 bits per heavy atom. The Hall–Kier alpha value is -1.85. The van der Waals surface area contributed by atoms with Crippen molar-refractivity contribution in [3.05, 3.63) is 54.1 Å². The smallest absolute Gasteiger partial charge is 0.206 e. The molecule has 0 radical (unpaired) electrons. The summed E-state index contributed by atoms with van der Waals surface area (Å²) in [4.78, 5) is 0.562. The van der Waals surface area contributed by atoms with Gasteiger partial charge in [-0.1, -0.05) is 17.7 Å². The van der Waals surface area contributed by atoms with Crippen LogP contribution < -0.4 is 4.74 Å². The molecule has 2 aromatic carbocycles. The van der Waals surface area contributed by atoms with Gasteiger partial charge in [0.1, 0.15) is 5.75 Å². The molecule has 0 aliphatic rings. The molecule has 0 unspecified atom stereocenters. The molecular formula is C17H20O4S. The molecule has 0 atom stereocenters. The van der Waals surface area contributed by atoms with Gasteiger partial charge in [-0.2, -0.15) is 0 Å². The molecule has 5 heteroatoms. The standard InChI is InChI=1S/C17H20O4S/c1-14-4-8-16(9-5-14)22(18,19)17-10-6-15(7-11-17)21-13-3-12-20-2/h4-11H,3,12-13H2,1-2H3. The van der Waals surface area contributed by atoms with Crippen molar-refractivity contribution in [3.8, 4) is 5.75 Å². The zero-order valence-electron chi connectivity index (χ0n) is 12.8. The third kappa shape index (κ3) is 4.08. The topological polar surface area (TPSA) is 52.6 Å². The Balaban J connectivity index is 2.10. The van der Waals surface area contributed by atoms with E-state index in [2.05, 4.69) is 0 Å². The van der Waals surface area contributed by atoms with E-state index in [1.54, 1.807) is 55.6 Å². The van der Waals surface area contributed by atoms with Crippen molar-refractivity contribution in [1.82, 2.24) is 0 Å². The van der Waals surface area contributed by atoms with E-state index in [4.69, 9.17) is 9.47 Å². The molecule has 0 heterocycles. The van der Waals surface area contributed by atoms with Crippen molar-refractivity contribution in [3.63, 3.8) is 0 Å². The van der Waals surface area contributed by atoms with Crippen LogP contribution in [0.4, 0.5) is 0 Å². The highest BCUT2D eigenvalue weighted by atomic mass is 32.2. The van der Waals surface area contributed by atoms with Gasteiger partial charge in [-0.25, -0.2) is 8.42 Å². The lowest BCUT2D eigenvalue weighted by molar-refractivity contribution is 0.172. The summed E-state index contributed by atoms with van der Waals surface area (Å²) in [6.45, 7) is 3.10. The third-order valence-electron chi connectivity index (χ3n) is 3.23. The van der Waals surface area contributed by atoms with Crippen molar-refractivity contribution in [2.45, 2.75) is 23.1 Å². The highest BCUT2D eigenvalue weighted by molar-refractivity contribution is 7.91. The largest absolute Gasteiger partial charge is 0.494 e. The fraction of sp³-hybridized carbons (Fsp3) is 0.294. The Labute approximate surface area is 131 Å². The fourth-order valence-electron chi connectivity index (χ4n) is 1.96. The molecular weight excluding hydrogens is 300 g/mol. The van der Waals surface area contributed by atoms with Crippen molar-refractivity contribution in [2.24, 2.45) is 0 Å². The van der Waals surface area contributed by atoms with Gasteiger partial charge in [0.2, 0.25) is 9.84 Å². The first kappa shape index (κ1) is 16.5.